The highest BCUT2D eigenvalue weighted by molar-refractivity contribution is 7.89. The Morgan fingerprint density at radius 2 is 2.16 bits per heavy atom. The maximum absolute atomic E-state index is 12.7. The van der Waals surface area contributed by atoms with Crippen molar-refractivity contribution in [2.24, 2.45) is 5.92 Å². The Labute approximate surface area is 114 Å². The molecule has 0 aliphatic heterocycles. The molecule has 0 bridgehead atoms. The van der Waals surface area contributed by atoms with Crippen molar-refractivity contribution in [3.8, 4) is 0 Å². The lowest BCUT2D eigenvalue weighted by Gasteiger charge is -2.24. The lowest BCUT2D eigenvalue weighted by atomic mass is 10.2. The maximum atomic E-state index is 12.7. The molecule has 1 saturated carbocycles. The van der Waals surface area contributed by atoms with Gasteiger partial charge < -0.3 is 5.32 Å². The molecule has 0 radical (unpaired) electrons. The van der Waals surface area contributed by atoms with Crippen LogP contribution in [0.3, 0.4) is 0 Å². The molecule has 1 aromatic heterocycles. The van der Waals surface area contributed by atoms with Crippen LogP contribution in [-0.4, -0.2) is 43.1 Å². The fourth-order valence-electron chi connectivity index (χ4n) is 2.34. The summed E-state index contributed by atoms with van der Waals surface area (Å²) in [6.45, 7) is 4.15. The van der Waals surface area contributed by atoms with Gasteiger partial charge in [0.25, 0.3) is 0 Å². The second-order valence-electron chi connectivity index (χ2n) is 5.25. The summed E-state index contributed by atoms with van der Waals surface area (Å²) >= 11 is 0. The third-order valence-electron chi connectivity index (χ3n) is 3.82. The molecule has 0 saturated heterocycles. The highest BCUT2D eigenvalue weighted by atomic mass is 32.2. The van der Waals surface area contributed by atoms with Gasteiger partial charge in [-0.3, -0.25) is 5.10 Å². The average molecular weight is 286 g/mol. The van der Waals surface area contributed by atoms with E-state index >= 15 is 0 Å². The molecular weight excluding hydrogens is 264 g/mol. The normalized spacial score (nSPS) is 17.9. The van der Waals surface area contributed by atoms with Crippen molar-refractivity contribution in [1.29, 1.82) is 0 Å². The number of sulfonamides is 1. The van der Waals surface area contributed by atoms with E-state index < -0.39 is 10.0 Å². The quantitative estimate of drug-likeness (QED) is 0.813. The SMILES string of the molecule is CNCc1n[nH]c(C)c1S(=O)(=O)N(C)C(C)C1CC1. The van der Waals surface area contributed by atoms with Crippen molar-refractivity contribution in [2.45, 2.75) is 44.2 Å². The zero-order valence-electron chi connectivity index (χ0n) is 11.9. The van der Waals surface area contributed by atoms with Crippen LogP contribution in [0.15, 0.2) is 4.90 Å². The molecule has 1 aromatic rings. The van der Waals surface area contributed by atoms with Crippen molar-refractivity contribution in [3.05, 3.63) is 11.4 Å². The molecule has 0 spiro atoms. The molecule has 1 fully saturated rings. The number of rotatable bonds is 6. The van der Waals surface area contributed by atoms with Gasteiger partial charge in [0.2, 0.25) is 10.0 Å². The van der Waals surface area contributed by atoms with Crippen LogP contribution < -0.4 is 5.32 Å². The minimum atomic E-state index is -3.48. The molecule has 7 heteroatoms. The first-order valence-corrected chi connectivity index (χ1v) is 8.00. The van der Waals surface area contributed by atoms with Crippen LogP contribution in [0.25, 0.3) is 0 Å². The van der Waals surface area contributed by atoms with Gasteiger partial charge in [-0.25, -0.2) is 8.42 Å². The number of H-pyrrole nitrogens is 1. The molecule has 1 aliphatic carbocycles. The number of nitrogens with one attached hydrogen (secondary N) is 2. The van der Waals surface area contributed by atoms with Crippen molar-refractivity contribution >= 4 is 10.0 Å². The van der Waals surface area contributed by atoms with Crippen LogP contribution in [0.2, 0.25) is 0 Å². The second kappa shape index (κ2) is 5.22. The van der Waals surface area contributed by atoms with E-state index in [1.807, 2.05) is 6.92 Å². The standard InChI is InChI=1S/C12H22N4O2S/c1-8-12(11(7-13-3)15-14-8)19(17,18)16(4)9(2)10-5-6-10/h9-10,13H,5-7H2,1-4H3,(H,14,15). The van der Waals surface area contributed by atoms with Gasteiger partial charge in [0.15, 0.2) is 0 Å². The van der Waals surface area contributed by atoms with Crippen LogP contribution in [0.1, 0.15) is 31.2 Å². The molecule has 2 N–H and O–H groups in total. The lowest BCUT2D eigenvalue weighted by molar-refractivity contribution is 0.356. The maximum Gasteiger partial charge on any atom is 0.246 e. The molecular formula is C12H22N4O2S. The highest BCUT2D eigenvalue weighted by Gasteiger charge is 2.38. The minimum absolute atomic E-state index is 0.0433. The van der Waals surface area contributed by atoms with Gasteiger partial charge in [0.05, 0.1) is 11.4 Å². The summed E-state index contributed by atoms with van der Waals surface area (Å²) in [6.07, 6.45) is 2.24. The number of nitrogens with zero attached hydrogens (tertiary/aromatic N) is 2. The molecule has 108 valence electrons. The van der Waals surface area contributed by atoms with E-state index in [1.54, 1.807) is 21.0 Å². The third kappa shape index (κ3) is 2.68. The fraction of sp³-hybridized carbons (Fsp3) is 0.750. The van der Waals surface area contributed by atoms with E-state index in [4.69, 9.17) is 0 Å². The molecule has 1 heterocycles. The number of aromatic amines is 1. The largest absolute Gasteiger partial charge is 0.314 e. The van der Waals surface area contributed by atoms with E-state index in [0.717, 1.165) is 12.8 Å². The van der Waals surface area contributed by atoms with Crippen LogP contribution in [0.4, 0.5) is 0 Å². The zero-order chi connectivity index (χ0) is 14.2. The van der Waals surface area contributed by atoms with E-state index in [-0.39, 0.29) is 6.04 Å². The molecule has 1 atom stereocenters. The van der Waals surface area contributed by atoms with Gasteiger partial charge in [0.1, 0.15) is 4.90 Å². The summed E-state index contributed by atoms with van der Waals surface area (Å²) in [7, 11) is -0.0485. The topological polar surface area (TPSA) is 78.1 Å². The van der Waals surface area contributed by atoms with E-state index in [2.05, 4.69) is 15.5 Å². The van der Waals surface area contributed by atoms with Crippen LogP contribution in [-0.2, 0) is 16.6 Å². The van der Waals surface area contributed by atoms with Gasteiger partial charge in [-0.2, -0.15) is 9.40 Å². The zero-order valence-corrected chi connectivity index (χ0v) is 12.7. The smallest absolute Gasteiger partial charge is 0.246 e. The minimum Gasteiger partial charge on any atom is -0.314 e. The van der Waals surface area contributed by atoms with Gasteiger partial charge >= 0.3 is 0 Å². The van der Waals surface area contributed by atoms with Crippen LogP contribution in [0, 0.1) is 12.8 Å². The summed E-state index contributed by atoms with van der Waals surface area (Å²) in [5, 5.41) is 9.80. The predicted octanol–water partition coefficient (Wildman–Crippen LogP) is 0.857. The summed E-state index contributed by atoms with van der Waals surface area (Å²) in [4.78, 5) is 0.317. The third-order valence-corrected chi connectivity index (χ3v) is 5.97. The molecule has 6 nitrogen and oxygen atoms in total. The molecule has 1 aliphatic rings. The van der Waals surface area contributed by atoms with Crippen molar-refractivity contribution < 1.29 is 8.42 Å². The highest BCUT2D eigenvalue weighted by Crippen LogP contribution is 2.36. The Balaban J connectivity index is 2.35. The number of aromatic nitrogens is 2. The first-order chi connectivity index (χ1) is 8.89. The molecule has 1 unspecified atom stereocenters. The Morgan fingerprint density at radius 3 is 2.68 bits per heavy atom. The predicted molar refractivity (Wildman–Crippen MR) is 73.2 cm³/mol. The number of hydrogen-bond donors (Lipinski definition) is 2. The first kappa shape index (κ1) is 14.5. The molecule has 0 amide bonds. The molecule has 0 aromatic carbocycles. The fourth-order valence-corrected chi connectivity index (χ4v) is 4.08. The Kier molecular flexibility index (Phi) is 3.98. The summed E-state index contributed by atoms with van der Waals surface area (Å²) < 4.78 is 26.9. The van der Waals surface area contributed by atoms with Gasteiger partial charge in [-0.05, 0) is 39.7 Å². The Hall–Kier alpha value is -0.920. The summed E-state index contributed by atoms with van der Waals surface area (Å²) in [6, 6.07) is 0.0433. The van der Waals surface area contributed by atoms with E-state index in [9.17, 15) is 8.42 Å². The van der Waals surface area contributed by atoms with Gasteiger partial charge in [-0.15, -0.1) is 0 Å². The lowest BCUT2D eigenvalue weighted by Crippen LogP contribution is -2.37. The van der Waals surface area contributed by atoms with Crippen molar-refractivity contribution in [1.82, 2.24) is 19.8 Å². The second-order valence-corrected chi connectivity index (χ2v) is 7.19. The first-order valence-electron chi connectivity index (χ1n) is 6.56. The Bertz CT molecular complexity index is 548. The van der Waals surface area contributed by atoms with Gasteiger partial charge in [0, 0.05) is 19.6 Å². The number of aryl methyl sites for hydroxylation is 1. The Morgan fingerprint density at radius 1 is 1.53 bits per heavy atom. The molecule has 19 heavy (non-hydrogen) atoms. The van der Waals surface area contributed by atoms with Crippen molar-refractivity contribution in [3.63, 3.8) is 0 Å². The summed E-state index contributed by atoms with van der Waals surface area (Å²) in [5.74, 6) is 0.500. The van der Waals surface area contributed by atoms with E-state index in [1.165, 1.54) is 4.31 Å². The monoisotopic (exact) mass is 286 g/mol. The van der Waals surface area contributed by atoms with Crippen LogP contribution in [0.5, 0.6) is 0 Å². The van der Waals surface area contributed by atoms with E-state index in [0.29, 0.717) is 28.7 Å². The van der Waals surface area contributed by atoms with Crippen molar-refractivity contribution in [2.75, 3.05) is 14.1 Å². The number of hydrogen-bond acceptors (Lipinski definition) is 4. The van der Waals surface area contributed by atoms with Crippen LogP contribution >= 0.6 is 0 Å². The summed E-state index contributed by atoms with van der Waals surface area (Å²) in [5.41, 5.74) is 1.15. The molecule has 2 rings (SSSR count). The average Bonchev–Trinajstić information content (AvgIpc) is 3.13. The van der Waals surface area contributed by atoms with Gasteiger partial charge in [-0.1, -0.05) is 0 Å².